The maximum Gasteiger partial charge on any atom is 0.338 e. The SMILES string of the molecule is O=C(O)c1c(NC2CCCCO2)sc2c1CCN(Cc1ccncc1)C2. The molecule has 0 aromatic carbocycles. The average molecular weight is 373 g/mol. The van der Waals surface area contributed by atoms with Gasteiger partial charge in [-0.1, -0.05) is 0 Å². The monoisotopic (exact) mass is 373 g/mol. The molecule has 4 heterocycles. The summed E-state index contributed by atoms with van der Waals surface area (Å²) in [6.07, 6.45) is 7.44. The van der Waals surface area contributed by atoms with Crippen molar-refractivity contribution < 1.29 is 14.6 Å². The Bertz CT molecular complexity index is 772. The van der Waals surface area contributed by atoms with Crippen LogP contribution in [-0.4, -0.2) is 40.3 Å². The maximum atomic E-state index is 11.9. The van der Waals surface area contributed by atoms with E-state index in [1.807, 2.05) is 24.5 Å². The molecule has 138 valence electrons. The molecule has 1 saturated heterocycles. The van der Waals surface area contributed by atoms with E-state index in [0.29, 0.717) is 5.56 Å². The van der Waals surface area contributed by atoms with Crippen LogP contribution in [0.1, 0.15) is 45.6 Å². The lowest BCUT2D eigenvalue weighted by Gasteiger charge is -2.26. The predicted molar refractivity (Wildman–Crippen MR) is 101 cm³/mol. The Morgan fingerprint density at radius 1 is 1.38 bits per heavy atom. The first-order chi connectivity index (χ1) is 12.7. The lowest BCUT2D eigenvalue weighted by molar-refractivity contribution is 0.0344. The van der Waals surface area contributed by atoms with Crippen molar-refractivity contribution in [2.24, 2.45) is 0 Å². The summed E-state index contributed by atoms with van der Waals surface area (Å²) in [7, 11) is 0. The first-order valence-electron chi connectivity index (χ1n) is 9.08. The third-order valence-corrected chi connectivity index (χ3v) is 6.13. The quantitative estimate of drug-likeness (QED) is 0.837. The third-order valence-electron chi connectivity index (χ3n) is 4.98. The Morgan fingerprint density at radius 3 is 2.96 bits per heavy atom. The van der Waals surface area contributed by atoms with Gasteiger partial charge in [-0.2, -0.15) is 0 Å². The van der Waals surface area contributed by atoms with Crippen LogP contribution in [0.25, 0.3) is 0 Å². The van der Waals surface area contributed by atoms with Gasteiger partial charge in [-0.3, -0.25) is 9.88 Å². The van der Waals surface area contributed by atoms with Crippen LogP contribution in [0.2, 0.25) is 0 Å². The molecule has 1 atom stereocenters. The van der Waals surface area contributed by atoms with Crippen LogP contribution in [0.3, 0.4) is 0 Å². The van der Waals surface area contributed by atoms with Crippen LogP contribution >= 0.6 is 11.3 Å². The van der Waals surface area contributed by atoms with Crippen LogP contribution in [0.5, 0.6) is 0 Å². The summed E-state index contributed by atoms with van der Waals surface area (Å²) < 4.78 is 5.74. The van der Waals surface area contributed by atoms with Gasteiger partial charge in [0.25, 0.3) is 0 Å². The smallest absolute Gasteiger partial charge is 0.338 e. The molecule has 2 N–H and O–H groups in total. The molecule has 4 rings (SSSR count). The molecular formula is C19H23N3O3S. The zero-order chi connectivity index (χ0) is 17.9. The van der Waals surface area contributed by atoms with Gasteiger partial charge in [-0.05, 0) is 48.9 Å². The summed E-state index contributed by atoms with van der Waals surface area (Å²) in [4.78, 5) is 19.5. The Morgan fingerprint density at radius 2 is 2.23 bits per heavy atom. The predicted octanol–water partition coefficient (Wildman–Crippen LogP) is 3.34. The van der Waals surface area contributed by atoms with E-state index in [9.17, 15) is 9.90 Å². The number of nitrogens with zero attached hydrogens (tertiary/aromatic N) is 2. The first-order valence-corrected chi connectivity index (χ1v) is 9.89. The number of hydrogen-bond donors (Lipinski definition) is 2. The van der Waals surface area contributed by atoms with E-state index in [4.69, 9.17) is 4.74 Å². The number of anilines is 1. The number of aromatic carboxylic acids is 1. The van der Waals surface area contributed by atoms with Crippen LogP contribution in [0, 0.1) is 0 Å². The molecule has 6 nitrogen and oxygen atoms in total. The van der Waals surface area contributed by atoms with Crippen molar-refractivity contribution in [3.05, 3.63) is 46.1 Å². The number of thiophene rings is 1. The molecule has 0 spiro atoms. The number of fused-ring (bicyclic) bond motifs is 1. The number of nitrogens with one attached hydrogen (secondary N) is 1. The van der Waals surface area contributed by atoms with E-state index in [0.717, 1.165) is 67.4 Å². The minimum atomic E-state index is -0.844. The molecule has 2 aliphatic heterocycles. The number of carboxylic acid groups (broad SMARTS) is 1. The minimum Gasteiger partial charge on any atom is -0.478 e. The molecule has 2 aromatic heterocycles. The van der Waals surface area contributed by atoms with Gasteiger partial charge in [0.2, 0.25) is 0 Å². The average Bonchev–Trinajstić information content (AvgIpc) is 3.00. The summed E-state index contributed by atoms with van der Waals surface area (Å²) in [5.74, 6) is -0.844. The molecule has 0 bridgehead atoms. The summed E-state index contributed by atoms with van der Waals surface area (Å²) in [5.41, 5.74) is 2.67. The standard InChI is InChI=1S/C19H23N3O3S/c23-19(24)17-14-6-9-22(11-13-4-7-20-8-5-13)12-15(14)26-18(17)21-16-3-1-2-10-25-16/h4-5,7-8,16,21H,1-3,6,9-12H2,(H,23,24). The van der Waals surface area contributed by atoms with Crippen molar-refractivity contribution in [1.82, 2.24) is 9.88 Å². The Kier molecular flexibility index (Phi) is 5.19. The van der Waals surface area contributed by atoms with E-state index in [-0.39, 0.29) is 6.23 Å². The van der Waals surface area contributed by atoms with Crippen LogP contribution in [0.15, 0.2) is 24.5 Å². The van der Waals surface area contributed by atoms with Gasteiger partial charge in [0.1, 0.15) is 11.2 Å². The van der Waals surface area contributed by atoms with Crippen molar-refractivity contribution in [2.45, 2.75) is 45.0 Å². The van der Waals surface area contributed by atoms with E-state index in [2.05, 4.69) is 15.2 Å². The molecule has 7 heteroatoms. The fraction of sp³-hybridized carbons (Fsp3) is 0.474. The second kappa shape index (κ2) is 7.73. The zero-order valence-corrected chi connectivity index (χ0v) is 15.4. The van der Waals surface area contributed by atoms with Gasteiger partial charge in [0.05, 0.1) is 5.56 Å². The van der Waals surface area contributed by atoms with Crippen molar-refractivity contribution in [1.29, 1.82) is 0 Å². The molecule has 2 aliphatic rings. The number of carbonyl (C=O) groups is 1. The number of carboxylic acids is 1. The largest absolute Gasteiger partial charge is 0.478 e. The highest BCUT2D eigenvalue weighted by Gasteiger charge is 2.29. The Balaban J connectivity index is 1.52. The first kappa shape index (κ1) is 17.5. The lowest BCUT2D eigenvalue weighted by atomic mass is 10.0. The Labute approximate surface area is 156 Å². The normalized spacial score (nSPS) is 20.5. The third kappa shape index (κ3) is 3.75. The second-order valence-electron chi connectivity index (χ2n) is 6.83. The highest BCUT2D eigenvalue weighted by atomic mass is 32.1. The summed E-state index contributed by atoms with van der Waals surface area (Å²) in [5, 5.41) is 13.8. The Hall–Kier alpha value is -1.96. The van der Waals surface area contributed by atoms with Crippen molar-refractivity contribution >= 4 is 22.3 Å². The molecule has 0 amide bonds. The summed E-state index contributed by atoms with van der Waals surface area (Å²) in [6, 6.07) is 4.06. The van der Waals surface area contributed by atoms with Gasteiger partial charge in [-0.15, -0.1) is 11.3 Å². The topological polar surface area (TPSA) is 74.7 Å². The van der Waals surface area contributed by atoms with Crippen molar-refractivity contribution in [3.8, 4) is 0 Å². The fourth-order valence-corrected chi connectivity index (χ4v) is 4.99. The number of aromatic nitrogens is 1. The fourth-order valence-electron chi connectivity index (χ4n) is 3.67. The minimum absolute atomic E-state index is 0.0742. The molecule has 0 aliphatic carbocycles. The highest BCUT2D eigenvalue weighted by Crippen LogP contribution is 2.38. The number of pyridine rings is 1. The molecule has 2 aromatic rings. The molecule has 0 radical (unpaired) electrons. The van der Waals surface area contributed by atoms with Crippen LogP contribution < -0.4 is 5.32 Å². The zero-order valence-electron chi connectivity index (χ0n) is 14.6. The highest BCUT2D eigenvalue weighted by molar-refractivity contribution is 7.16. The van der Waals surface area contributed by atoms with Gasteiger partial charge < -0.3 is 15.2 Å². The van der Waals surface area contributed by atoms with Gasteiger partial charge in [-0.25, -0.2) is 4.79 Å². The number of hydrogen-bond acceptors (Lipinski definition) is 6. The van der Waals surface area contributed by atoms with Crippen LogP contribution in [0.4, 0.5) is 5.00 Å². The van der Waals surface area contributed by atoms with Gasteiger partial charge in [0.15, 0.2) is 0 Å². The van der Waals surface area contributed by atoms with Gasteiger partial charge >= 0.3 is 5.97 Å². The van der Waals surface area contributed by atoms with E-state index in [1.165, 1.54) is 5.56 Å². The van der Waals surface area contributed by atoms with Crippen molar-refractivity contribution in [2.75, 3.05) is 18.5 Å². The number of rotatable bonds is 5. The molecule has 26 heavy (non-hydrogen) atoms. The second-order valence-corrected chi connectivity index (χ2v) is 7.93. The van der Waals surface area contributed by atoms with Crippen LogP contribution in [-0.2, 0) is 24.2 Å². The van der Waals surface area contributed by atoms with Gasteiger partial charge in [0, 0.05) is 43.5 Å². The maximum absolute atomic E-state index is 11.9. The molecule has 0 saturated carbocycles. The summed E-state index contributed by atoms with van der Waals surface area (Å²) in [6.45, 7) is 3.25. The summed E-state index contributed by atoms with van der Waals surface area (Å²) >= 11 is 1.57. The number of ether oxygens (including phenoxy) is 1. The molecule has 1 unspecified atom stereocenters. The molecular weight excluding hydrogens is 350 g/mol. The lowest BCUT2D eigenvalue weighted by Crippen LogP contribution is -2.30. The van der Waals surface area contributed by atoms with E-state index >= 15 is 0 Å². The van der Waals surface area contributed by atoms with E-state index in [1.54, 1.807) is 11.3 Å². The van der Waals surface area contributed by atoms with Crippen molar-refractivity contribution in [3.63, 3.8) is 0 Å². The van der Waals surface area contributed by atoms with E-state index < -0.39 is 5.97 Å². The molecule has 1 fully saturated rings.